The third-order valence-corrected chi connectivity index (χ3v) is 14.3. The molecule has 3 N–H and O–H groups in total. The number of aliphatic hydroxyl groups is 1. The average Bonchev–Trinajstić information content (AvgIpc) is 4.05. The van der Waals surface area contributed by atoms with Crippen LogP contribution in [0.25, 0.3) is 31.9 Å². The van der Waals surface area contributed by atoms with Crippen molar-refractivity contribution < 1.29 is 29.1 Å². The van der Waals surface area contributed by atoms with Crippen molar-refractivity contribution in [2.24, 2.45) is 5.92 Å². The second kappa shape index (κ2) is 17.8. The number of likely N-dealkylation sites (tertiary alicyclic amines) is 2. The monoisotopic (exact) mass is 849 g/mol. The van der Waals surface area contributed by atoms with Gasteiger partial charge < -0.3 is 29.7 Å². The lowest BCUT2D eigenvalue weighted by Crippen LogP contribution is -2.48. The van der Waals surface area contributed by atoms with E-state index in [1.807, 2.05) is 75.7 Å². The Hall–Kier alpha value is -5.22. The highest BCUT2D eigenvalue weighted by Gasteiger charge is 2.43. The van der Waals surface area contributed by atoms with Gasteiger partial charge in [0.1, 0.15) is 29.1 Å². The van der Waals surface area contributed by atoms with Crippen molar-refractivity contribution in [3.63, 3.8) is 0 Å². The van der Waals surface area contributed by atoms with Gasteiger partial charge in [0.25, 0.3) is 5.88 Å². The Morgan fingerprint density at radius 2 is 1.80 bits per heavy atom. The molecule has 2 amide bonds. The normalized spacial score (nSPS) is 18.6. The number of thiazole rings is 1. The molecule has 0 saturated carbocycles. The third kappa shape index (κ3) is 8.67. The number of aryl methyl sites for hydroxylation is 2. The summed E-state index contributed by atoms with van der Waals surface area (Å²) in [6, 6.07) is 17.8. The van der Waals surface area contributed by atoms with Gasteiger partial charge in [-0.2, -0.15) is 0 Å². The van der Waals surface area contributed by atoms with Crippen LogP contribution in [0.3, 0.4) is 0 Å². The van der Waals surface area contributed by atoms with Gasteiger partial charge in [-0.15, -0.1) is 32.9 Å². The van der Waals surface area contributed by atoms with Crippen LogP contribution < -0.4 is 10.1 Å². The molecule has 2 saturated heterocycles. The Morgan fingerprint density at radius 1 is 1.03 bits per heavy atom. The molecule has 4 atom stereocenters. The van der Waals surface area contributed by atoms with Crippen LogP contribution in [0.4, 0.5) is 0 Å². The number of nitrogens with zero attached hydrogens (tertiary/aromatic N) is 6. The lowest BCUT2D eigenvalue weighted by atomic mass is 9.91. The predicted molar refractivity (Wildman–Crippen MR) is 232 cm³/mol. The minimum Gasteiger partial charge on any atom is -0.507 e. The molecule has 0 bridgehead atoms. The Kier molecular flexibility index (Phi) is 12.3. The summed E-state index contributed by atoms with van der Waals surface area (Å²) < 4.78 is 11.8. The first-order valence-electron chi connectivity index (χ1n) is 20.6. The molecule has 2 aliphatic heterocycles. The van der Waals surface area contributed by atoms with Gasteiger partial charge in [-0.25, -0.2) is 4.98 Å². The number of hydrogen-bond acceptors (Lipinski definition) is 13. The summed E-state index contributed by atoms with van der Waals surface area (Å²) in [7, 11) is 0. The number of piperidine rings is 1. The number of phenols is 1. The highest BCUT2D eigenvalue weighted by molar-refractivity contribution is 7.19. The van der Waals surface area contributed by atoms with Crippen LogP contribution in [-0.4, -0.2) is 97.1 Å². The molecule has 13 nitrogen and oxygen atoms in total. The van der Waals surface area contributed by atoms with Crippen LogP contribution in [0.2, 0.25) is 0 Å². The first-order chi connectivity index (χ1) is 28.9. The van der Waals surface area contributed by atoms with E-state index in [9.17, 15) is 19.8 Å². The summed E-state index contributed by atoms with van der Waals surface area (Å²) >= 11 is 3.31. The molecule has 60 heavy (non-hydrogen) atoms. The number of phenolic OH excluding ortho intramolecular Hbond substituents is 1. The Labute approximate surface area is 357 Å². The standard InChI is InChI=1S/C45H51N7O6S2/c1-25(2)40(45(56)52-23-32(53)20-36(52)43(55)47-27(4)29-10-12-30(13-11-29)42-28(5)46-24-59-42)38-22-39(50-58-38)57-19-18-51-16-14-31(15-17-51)41-26(3)34-21-35(48-49-44(34)60-41)33-8-6-7-9-37(33)54/h6-13,21-22,24-25,27,31-32,36,40,53-54H,14-20,23H2,1-5H3,(H,47,55)/t27?,32-,36+,40?/m1/s1. The quantitative estimate of drug-likeness (QED) is 0.105. The van der Waals surface area contributed by atoms with Gasteiger partial charge in [-0.1, -0.05) is 50.2 Å². The van der Waals surface area contributed by atoms with E-state index in [-0.39, 0.29) is 42.5 Å². The maximum Gasteiger partial charge on any atom is 0.254 e. The van der Waals surface area contributed by atoms with Crippen LogP contribution in [0.1, 0.15) is 85.4 Å². The Bertz CT molecular complexity index is 2460. The molecular formula is C45H51N7O6S2. The molecule has 0 radical (unpaired) electrons. The highest BCUT2D eigenvalue weighted by Crippen LogP contribution is 2.41. The summed E-state index contributed by atoms with van der Waals surface area (Å²) in [5, 5.41) is 38.3. The summed E-state index contributed by atoms with van der Waals surface area (Å²) in [5.41, 5.74) is 7.39. The molecule has 6 heterocycles. The fourth-order valence-electron chi connectivity index (χ4n) is 8.55. The van der Waals surface area contributed by atoms with Gasteiger partial charge in [0.2, 0.25) is 11.8 Å². The number of thiophene rings is 1. The largest absolute Gasteiger partial charge is 0.507 e. The minimum absolute atomic E-state index is 0.0583. The van der Waals surface area contributed by atoms with Crippen LogP contribution >= 0.6 is 22.7 Å². The number of aromatic hydroxyl groups is 1. The summed E-state index contributed by atoms with van der Waals surface area (Å²) in [5.74, 6) is -0.183. The minimum atomic E-state index is -0.822. The zero-order chi connectivity index (χ0) is 42.1. The number of amides is 2. The van der Waals surface area contributed by atoms with Gasteiger partial charge in [0.05, 0.1) is 33.9 Å². The number of carbonyl (C=O) groups is 2. The molecule has 2 aliphatic rings. The van der Waals surface area contributed by atoms with Gasteiger partial charge in [-0.05, 0) is 98.6 Å². The second-order valence-electron chi connectivity index (χ2n) is 16.3. The van der Waals surface area contributed by atoms with Crippen LogP contribution in [0.15, 0.2) is 70.7 Å². The predicted octanol–water partition coefficient (Wildman–Crippen LogP) is 7.63. The van der Waals surface area contributed by atoms with E-state index in [4.69, 9.17) is 9.26 Å². The molecule has 2 fully saturated rings. The number of aromatic nitrogens is 4. The summed E-state index contributed by atoms with van der Waals surface area (Å²) in [4.78, 5) is 39.5. The molecule has 0 spiro atoms. The average molecular weight is 850 g/mol. The number of ether oxygens (including phenoxy) is 1. The van der Waals surface area contributed by atoms with E-state index in [2.05, 4.69) is 37.5 Å². The molecule has 15 heteroatoms. The van der Waals surface area contributed by atoms with Gasteiger partial charge >= 0.3 is 0 Å². The third-order valence-electron chi connectivity index (χ3n) is 11.9. The summed E-state index contributed by atoms with van der Waals surface area (Å²) in [6.45, 7) is 13.0. The summed E-state index contributed by atoms with van der Waals surface area (Å²) in [6.07, 6.45) is 1.37. The first kappa shape index (κ1) is 41.5. The van der Waals surface area contributed by atoms with E-state index < -0.39 is 18.1 Å². The number of β-amino-alcohol motifs (C(OH)–C–C–N with tert-alkyl or cyclic N) is 1. The van der Waals surface area contributed by atoms with E-state index in [1.54, 1.807) is 40.9 Å². The number of benzene rings is 2. The fourth-order valence-corrected chi connectivity index (χ4v) is 10.6. The van der Waals surface area contributed by atoms with E-state index in [0.29, 0.717) is 35.4 Å². The van der Waals surface area contributed by atoms with Crippen molar-refractivity contribution in [1.29, 1.82) is 0 Å². The van der Waals surface area contributed by atoms with Crippen molar-refractivity contribution in [2.75, 3.05) is 32.8 Å². The van der Waals surface area contributed by atoms with E-state index >= 15 is 0 Å². The maximum absolute atomic E-state index is 14.2. The van der Waals surface area contributed by atoms with Gasteiger partial charge in [0.15, 0.2) is 5.76 Å². The molecule has 2 aromatic carbocycles. The topological polar surface area (TPSA) is 167 Å². The van der Waals surface area contributed by atoms with Crippen molar-refractivity contribution in [3.05, 3.63) is 93.6 Å². The highest BCUT2D eigenvalue weighted by atomic mass is 32.1. The second-order valence-corrected chi connectivity index (χ2v) is 18.2. The van der Waals surface area contributed by atoms with Crippen molar-refractivity contribution in [2.45, 2.75) is 83.9 Å². The molecule has 2 unspecified atom stereocenters. The smallest absolute Gasteiger partial charge is 0.254 e. The number of carbonyl (C=O) groups excluding carboxylic acids is 2. The number of nitrogens with one attached hydrogen (secondary N) is 1. The molecule has 0 aliphatic carbocycles. The van der Waals surface area contributed by atoms with Crippen LogP contribution in [0.5, 0.6) is 11.6 Å². The maximum atomic E-state index is 14.2. The zero-order valence-corrected chi connectivity index (χ0v) is 36.1. The van der Waals surface area contributed by atoms with E-state index in [1.165, 1.54) is 15.3 Å². The fraction of sp³-hybridized carbons (Fsp3) is 0.422. The number of para-hydroxylation sites is 1. The number of aliphatic hydroxyl groups excluding tert-OH is 1. The van der Waals surface area contributed by atoms with Crippen LogP contribution in [-0.2, 0) is 9.59 Å². The van der Waals surface area contributed by atoms with E-state index in [0.717, 1.165) is 64.4 Å². The number of rotatable bonds is 13. The van der Waals surface area contributed by atoms with Crippen molar-refractivity contribution in [1.82, 2.24) is 35.5 Å². The first-order valence-corrected chi connectivity index (χ1v) is 22.3. The molecule has 314 valence electrons. The molecule has 6 aromatic rings. The van der Waals surface area contributed by atoms with Gasteiger partial charge in [0, 0.05) is 41.4 Å². The Balaban J connectivity index is 0.839. The SMILES string of the molecule is Cc1ncsc1-c1ccc(C(C)NC(=O)[C@@H]2C[C@@H](O)CN2C(=O)C(c2cc(OCCN3CCC(c4sc5nnc(-c6ccccc6O)cc5c4C)CC3)no2)C(C)C)cc1. The molecule has 8 rings (SSSR count). The van der Waals surface area contributed by atoms with Crippen LogP contribution in [0, 0.1) is 19.8 Å². The lowest BCUT2D eigenvalue weighted by molar-refractivity contribution is -0.141. The van der Waals surface area contributed by atoms with Crippen molar-refractivity contribution >= 4 is 44.7 Å². The zero-order valence-electron chi connectivity index (χ0n) is 34.5. The van der Waals surface area contributed by atoms with Crippen molar-refractivity contribution in [3.8, 4) is 33.3 Å². The molecule has 4 aromatic heterocycles. The lowest BCUT2D eigenvalue weighted by Gasteiger charge is -2.31. The Morgan fingerprint density at radius 3 is 2.52 bits per heavy atom. The number of fused-ring (bicyclic) bond motifs is 1. The number of hydrogen-bond donors (Lipinski definition) is 3. The molecular weight excluding hydrogens is 799 g/mol. The van der Waals surface area contributed by atoms with Gasteiger partial charge in [-0.3, -0.25) is 14.5 Å².